The molecule has 1 aliphatic carbocycles. The summed E-state index contributed by atoms with van der Waals surface area (Å²) in [4.78, 5) is 7.95. The number of nitrogens with one attached hydrogen (secondary N) is 1. The van der Waals surface area contributed by atoms with Gasteiger partial charge in [-0.25, -0.2) is 4.98 Å². The Morgan fingerprint density at radius 1 is 1.35 bits per heavy atom. The molecule has 2 unspecified atom stereocenters. The summed E-state index contributed by atoms with van der Waals surface area (Å²) < 4.78 is 0.976. The fraction of sp³-hybridized carbons (Fsp3) is 0.400. The summed E-state index contributed by atoms with van der Waals surface area (Å²) in [6.07, 6.45) is 6.35. The molecule has 1 saturated carbocycles. The fourth-order valence-electron chi connectivity index (χ4n) is 2.86. The Labute approximate surface area is 132 Å². The zero-order chi connectivity index (χ0) is 14.1. The quantitative estimate of drug-likeness (QED) is 0.835. The van der Waals surface area contributed by atoms with Gasteiger partial charge in [-0.05, 0) is 31.4 Å². The lowest BCUT2D eigenvalue weighted by Crippen LogP contribution is -2.27. The van der Waals surface area contributed by atoms with Gasteiger partial charge in [-0.15, -0.1) is 0 Å². The normalized spacial score (nSPS) is 22.9. The second-order valence-electron chi connectivity index (χ2n) is 5.43. The maximum atomic E-state index is 6.28. The van der Waals surface area contributed by atoms with Crippen LogP contribution in [0.3, 0.4) is 0 Å². The van der Waals surface area contributed by atoms with Crippen LogP contribution in [0.2, 0.25) is 5.02 Å². The van der Waals surface area contributed by atoms with E-state index in [1.807, 2.05) is 24.4 Å². The smallest absolute Gasteiger partial charge is 0.109 e. The lowest BCUT2D eigenvalue weighted by atomic mass is 9.86. The summed E-state index contributed by atoms with van der Waals surface area (Å²) in [5.74, 6) is 1.48. The monoisotopic (exact) mass is 353 g/mol. The van der Waals surface area contributed by atoms with Crippen molar-refractivity contribution in [3.8, 4) is 11.3 Å². The van der Waals surface area contributed by atoms with Crippen molar-refractivity contribution in [1.82, 2.24) is 9.97 Å². The standard InChI is InChI=1S/C15H17BrClN3/c16-10-4-5-12(13(17)7-10)14-8-19-15(20-14)9-2-1-3-11(18)6-9/h4-5,7-9,11H,1-3,6,18H2,(H,19,20). The molecule has 5 heteroatoms. The van der Waals surface area contributed by atoms with Crippen molar-refractivity contribution in [1.29, 1.82) is 0 Å². The van der Waals surface area contributed by atoms with Crippen LogP contribution in [0.5, 0.6) is 0 Å². The van der Waals surface area contributed by atoms with Gasteiger partial charge in [0, 0.05) is 22.0 Å². The molecule has 2 atom stereocenters. The van der Waals surface area contributed by atoms with Crippen LogP contribution in [0.4, 0.5) is 0 Å². The molecule has 0 amide bonds. The highest BCUT2D eigenvalue weighted by atomic mass is 79.9. The van der Waals surface area contributed by atoms with Crippen LogP contribution in [-0.2, 0) is 0 Å². The van der Waals surface area contributed by atoms with Gasteiger partial charge in [0.1, 0.15) is 5.82 Å². The van der Waals surface area contributed by atoms with E-state index in [1.54, 1.807) is 0 Å². The Balaban J connectivity index is 1.86. The molecule has 106 valence electrons. The first-order valence-corrected chi connectivity index (χ1v) is 8.06. The second-order valence-corrected chi connectivity index (χ2v) is 6.75. The summed E-state index contributed by atoms with van der Waals surface area (Å²) in [5.41, 5.74) is 8.00. The molecular formula is C15H17BrClN3. The third kappa shape index (κ3) is 2.92. The van der Waals surface area contributed by atoms with Crippen LogP contribution in [0, 0.1) is 0 Å². The number of aromatic amines is 1. The predicted octanol–water partition coefficient (Wildman–Crippen LogP) is 4.48. The molecule has 20 heavy (non-hydrogen) atoms. The Bertz CT molecular complexity index is 611. The third-order valence-electron chi connectivity index (χ3n) is 3.92. The number of hydrogen-bond acceptors (Lipinski definition) is 2. The number of H-pyrrole nitrogens is 1. The zero-order valence-corrected chi connectivity index (χ0v) is 13.4. The van der Waals surface area contributed by atoms with Crippen LogP contribution in [0.25, 0.3) is 11.3 Å². The molecule has 3 N–H and O–H groups in total. The predicted molar refractivity (Wildman–Crippen MR) is 85.9 cm³/mol. The van der Waals surface area contributed by atoms with Crippen molar-refractivity contribution in [2.75, 3.05) is 0 Å². The summed E-state index contributed by atoms with van der Waals surface area (Å²) >= 11 is 9.70. The minimum absolute atomic E-state index is 0.304. The third-order valence-corrected chi connectivity index (χ3v) is 4.72. The first kappa shape index (κ1) is 14.1. The molecular weight excluding hydrogens is 338 g/mol. The topological polar surface area (TPSA) is 54.7 Å². The van der Waals surface area contributed by atoms with Crippen LogP contribution in [0.1, 0.15) is 37.4 Å². The summed E-state index contributed by atoms with van der Waals surface area (Å²) in [6, 6.07) is 6.18. The van der Waals surface area contributed by atoms with Gasteiger partial charge < -0.3 is 10.7 Å². The number of rotatable bonds is 2. The van der Waals surface area contributed by atoms with Gasteiger partial charge in [0.15, 0.2) is 0 Å². The van der Waals surface area contributed by atoms with Crippen LogP contribution < -0.4 is 5.73 Å². The lowest BCUT2D eigenvalue weighted by Gasteiger charge is -2.24. The van der Waals surface area contributed by atoms with Gasteiger partial charge in [0.25, 0.3) is 0 Å². The number of aromatic nitrogens is 2. The molecule has 1 aromatic carbocycles. The van der Waals surface area contributed by atoms with Gasteiger partial charge in [0.2, 0.25) is 0 Å². The van der Waals surface area contributed by atoms with Gasteiger partial charge in [0.05, 0.1) is 16.9 Å². The van der Waals surface area contributed by atoms with Crippen molar-refractivity contribution < 1.29 is 0 Å². The SMILES string of the molecule is NC1CCCC(c2ncc(-c3ccc(Br)cc3Cl)[nH]2)C1. The molecule has 1 aromatic heterocycles. The molecule has 0 spiro atoms. The Morgan fingerprint density at radius 2 is 2.20 bits per heavy atom. The molecule has 3 rings (SSSR count). The van der Waals surface area contributed by atoms with Gasteiger partial charge in [-0.1, -0.05) is 40.0 Å². The van der Waals surface area contributed by atoms with E-state index in [0.29, 0.717) is 12.0 Å². The number of nitrogens with two attached hydrogens (primary N) is 1. The molecule has 1 fully saturated rings. The Kier molecular flexibility index (Phi) is 4.15. The molecule has 3 nitrogen and oxygen atoms in total. The first-order valence-electron chi connectivity index (χ1n) is 6.89. The molecule has 2 aromatic rings. The maximum absolute atomic E-state index is 6.28. The van der Waals surface area contributed by atoms with E-state index in [4.69, 9.17) is 17.3 Å². The molecule has 1 heterocycles. The van der Waals surface area contributed by atoms with Crippen molar-refractivity contribution in [2.24, 2.45) is 5.73 Å². The minimum Gasteiger partial charge on any atom is -0.342 e. The number of nitrogens with zero attached hydrogens (tertiary/aromatic N) is 1. The summed E-state index contributed by atoms with van der Waals surface area (Å²) in [7, 11) is 0. The van der Waals surface area contributed by atoms with Crippen LogP contribution >= 0.6 is 27.5 Å². The largest absolute Gasteiger partial charge is 0.342 e. The Hall–Kier alpha value is -0.840. The number of hydrogen-bond donors (Lipinski definition) is 2. The number of imidazole rings is 1. The Morgan fingerprint density at radius 3 is 2.95 bits per heavy atom. The molecule has 0 radical (unpaired) electrons. The number of benzene rings is 1. The first-order chi connectivity index (χ1) is 9.63. The van der Waals surface area contributed by atoms with E-state index in [-0.39, 0.29) is 0 Å². The lowest BCUT2D eigenvalue weighted by molar-refractivity contribution is 0.383. The molecule has 1 aliphatic rings. The molecule has 0 aliphatic heterocycles. The summed E-state index contributed by atoms with van der Waals surface area (Å²) in [5, 5.41) is 0.718. The molecule has 0 saturated heterocycles. The van der Waals surface area contributed by atoms with E-state index in [2.05, 4.69) is 25.9 Å². The van der Waals surface area contributed by atoms with Crippen molar-refractivity contribution in [3.63, 3.8) is 0 Å². The zero-order valence-electron chi connectivity index (χ0n) is 11.1. The van der Waals surface area contributed by atoms with Crippen LogP contribution in [0.15, 0.2) is 28.9 Å². The average molecular weight is 355 g/mol. The molecule has 0 bridgehead atoms. The van der Waals surface area contributed by atoms with Crippen molar-refractivity contribution in [2.45, 2.75) is 37.6 Å². The maximum Gasteiger partial charge on any atom is 0.109 e. The highest BCUT2D eigenvalue weighted by molar-refractivity contribution is 9.10. The number of halogens is 2. The second kappa shape index (κ2) is 5.88. The van der Waals surface area contributed by atoms with Gasteiger partial charge in [-0.3, -0.25) is 0 Å². The van der Waals surface area contributed by atoms with E-state index in [0.717, 1.165) is 45.8 Å². The van der Waals surface area contributed by atoms with E-state index in [9.17, 15) is 0 Å². The van der Waals surface area contributed by atoms with E-state index < -0.39 is 0 Å². The van der Waals surface area contributed by atoms with Crippen LogP contribution in [-0.4, -0.2) is 16.0 Å². The van der Waals surface area contributed by atoms with E-state index in [1.165, 1.54) is 6.42 Å². The van der Waals surface area contributed by atoms with E-state index >= 15 is 0 Å². The van der Waals surface area contributed by atoms with Gasteiger partial charge in [-0.2, -0.15) is 0 Å². The summed E-state index contributed by atoms with van der Waals surface area (Å²) in [6.45, 7) is 0. The highest BCUT2D eigenvalue weighted by Crippen LogP contribution is 2.33. The highest BCUT2D eigenvalue weighted by Gasteiger charge is 2.23. The minimum atomic E-state index is 0.304. The van der Waals surface area contributed by atoms with Gasteiger partial charge >= 0.3 is 0 Å². The van der Waals surface area contributed by atoms with Crippen molar-refractivity contribution >= 4 is 27.5 Å². The fourth-order valence-corrected chi connectivity index (χ4v) is 3.64. The average Bonchev–Trinajstić information content (AvgIpc) is 2.88. The van der Waals surface area contributed by atoms with Crippen molar-refractivity contribution in [3.05, 3.63) is 39.7 Å².